The largest absolute Gasteiger partial charge is 0.448 e. The number of nitrogens with zero attached hydrogens (tertiary/aromatic N) is 1. The summed E-state index contributed by atoms with van der Waals surface area (Å²) in [5.41, 5.74) is -0.306. The molecule has 0 unspecified atom stereocenters. The molecule has 4 bridgehead atoms. The normalized spacial score (nSPS) is 34.9. The Morgan fingerprint density at radius 2 is 1.53 bits per heavy atom. The zero-order chi connectivity index (χ0) is 20.5. The lowest BCUT2D eigenvalue weighted by molar-refractivity contribution is -0.385. The van der Waals surface area contributed by atoms with Gasteiger partial charge in [0, 0.05) is 24.4 Å². The third kappa shape index (κ3) is 2.88. The van der Waals surface area contributed by atoms with E-state index >= 15 is 0 Å². The Labute approximate surface area is 175 Å². The van der Waals surface area contributed by atoms with Gasteiger partial charge in [-0.15, -0.1) is 0 Å². The van der Waals surface area contributed by atoms with Gasteiger partial charge < -0.3 is 14.8 Å². The number of nitro benzene ring substituents is 1. The summed E-state index contributed by atoms with van der Waals surface area (Å²) in [4.78, 5) is 24.6. The summed E-state index contributed by atoms with van der Waals surface area (Å²) in [6, 6.07) is 2.92. The molecule has 5 saturated carbocycles. The molecule has 0 radical (unpaired) electrons. The van der Waals surface area contributed by atoms with E-state index in [1.54, 1.807) is 0 Å². The number of rotatable bonds is 3. The van der Waals surface area contributed by atoms with E-state index in [0.29, 0.717) is 29.3 Å². The van der Waals surface area contributed by atoms with Crippen molar-refractivity contribution in [1.82, 2.24) is 5.32 Å². The fourth-order valence-corrected chi connectivity index (χ4v) is 7.33. The first-order valence-corrected chi connectivity index (χ1v) is 11.5. The van der Waals surface area contributed by atoms with Crippen molar-refractivity contribution in [1.29, 1.82) is 0 Å². The lowest BCUT2D eigenvalue weighted by Gasteiger charge is -2.56. The first-order chi connectivity index (χ1) is 14.4. The number of benzene rings is 1. The van der Waals surface area contributed by atoms with Crippen LogP contribution >= 0.6 is 0 Å². The highest BCUT2D eigenvalue weighted by Crippen LogP contribution is 2.56. The monoisotopic (exact) mass is 412 g/mol. The fraction of sp³-hybridized carbons (Fsp3) is 0.696. The highest BCUT2D eigenvalue weighted by molar-refractivity contribution is 5.99. The van der Waals surface area contributed by atoms with Gasteiger partial charge >= 0.3 is 0 Å². The Balaban J connectivity index is 1.30. The highest BCUT2D eigenvalue weighted by atomic mass is 16.7. The van der Waals surface area contributed by atoms with E-state index in [0.717, 1.165) is 51.4 Å². The molecule has 1 spiro atoms. The molecule has 1 aliphatic heterocycles. The Morgan fingerprint density at radius 1 is 0.967 bits per heavy atom. The van der Waals surface area contributed by atoms with Crippen molar-refractivity contribution >= 4 is 11.6 Å². The van der Waals surface area contributed by atoms with Gasteiger partial charge in [-0.2, -0.15) is 0 Å². The van der Waals surface area contributed by atoms with Crippen LogP contribution in [-0.4, -0.2) is 22.2 Å². The first-order valence-electron chi connectivity index (χ1n) is 11.5. The van der Waals surface area contributed by atoms with Crippen LogP contribution in [0.5, 0.6) is 11.5 Å². The number of carbonyl (C=O) groups excluding carboxylic acids is 1. The Morgan fingerprint density at radius 3 is 2.10 bits per heavy atom. The summed E-state index contributed by atoms with van der Waals surface area (Å²) in [5.74, 6) is 1.84. The van der Waals surface area contributed by atoms with Crippen molar-refractivity contribution < 1.29 is 19.2 Å². The van der Waals surface area contributed by atoms with Crippen LogP contribution in [0.3, 0.4) is 0 Å². The van der Waals surface area contributed by atoms with E-state index in [1.165, 1.54) is 31.4 Å². The van der Waals surface area contributed by atoms with Crippen molar-refractivity contribution in [3.63, 3.8) is 0 Å². The van der Waals surface area contributed by atoms with Crippen LogP contribution in [0.4, 0.5) is 5.69 Å². The van der Waals surface area contributed by atoms with E-state index in [4.69, 9.17) is 9.47 Å². The minimum absolute atomic E-state index is 0.0888. The first kappa shape index (κ1) is 18.5. The summed E-state index contributed by atoms with van der Waals surface area (Å²) in [6.07, 6.45) is 11.6. The second-order valence-corrected chi connectivity index (χ2v) is 10.4. The molecule has 0 atom stereocenters. The number of hydrogen-bond acceptors (Lipinski definition) is 5. The SMILES string of the molecule is O=C(NC12CC3CC(CC(C3)C1)C2)c1cc2c(cc1[N+](=O)[O-])OC1(CCCCC1)O2. The second-order valence-electron chi connectivity index (χ2n) is 10.4. The van der Waals surface area contributed by atoms with Gasteiger partial charge in [-0.1, -0.05) is 6.42 Å². The molecule has 0 aromatic heterocycles. The van der Waals surface area contributed by atoms with Gasteiger partial charge in [0.25, 0.3) is 17.4 Å². The van der Waals surface area contributed by atoms with Gasteiger partial charge in [-0.3, -0.25) is 14.9 Å². The molecule has 160 valence electrons. The summed E-state index contributed by atoms with van der Waals surface area (Å²) in [5, 5.41) is 15.0. The molecule has 30 heavy (non-hydrogen) atoms. The van der Waals surface area contributed by atoms with Crippen molar-refractivity contribution in [2.75, 3.05) is 0 Å². The molecule has 1 aromatic carbocycles. The number of nitro groups is 1. The average Bonchev–Trinajstić information content (AvgIpc) is 3.02. The molecule has 7 heteroatoms. The minimum atomic E-state index is -0.719. The van der Waals surface area contributed by atoms with E-state index in [2.05, 4.69) is 5.32 Å². The summed E-state index contributed by atoms with van der Waals surface area (Å²) in [7, 11) is 0. The van der Waals surface area contributed by atoms with Crippen LogP contribution in [-0.2, 0) is 0 Å². The highest BCUT2D eigenvalue weighted by Gasteiger charge is 2.52. The number of ether oxygens (including phenoxy) is 2. The van der Waals surface area contributed by atoms with Gasteiger partial charge in [0.15, 0.2) is 11.5 Å². The molecule has 1 aromatic rings. The average molecular weight is 412 g/mol. The number of fused-ring (bicyclic) bond motifs is 1. The van der Waals surface area contributed by atoms with Crippen LogP contribution in [0.1, 0.15) is 81.0 Å². The standard InChI is InChI=1S/C23H28N2O5/c26-21(24-22-11-14-6-15(12-22)8-16(7-14)13-22)17-9-19-20(10-18(17)25(27)28)30-23(29-19)4-2-1-3-5-23/h9-10,14-16H,1-8,11-13H2,(H,24,26). The molecule has 5 fully saturated rings. The van der Waals surface area contributed by atoms with Gasteiger partial charge in [0.2, 0.25) is 0 Å². The van der Waals surface area contributed by atoms with Gasteiger partial charge in [0.05, 0.1) is 11.0 Å². The van der Waals surface area contributed by atoms with Crippen molar-refractivity contribution in [3.8, 4) is 11.5 Å². The van der Waals surface area contributed by atoms with Crippen LogP contribution < -0.4 is 14.8 Å². The molecular weight excluding hydrogens is 384 g/mol. The zero-order valence-corrected chi connectivity index (χ0v) is 17.2. The van der Waals surface area contributed by atoms with E-state index in [9.17, 15) is 14.9 Å². The van der Waals surface area contributed by atoms with Gasteiger partial charge in [-0.25, -0.2) is 0 Å². The fourth-order valence-electron chi connectivity index (χ4n) is 7.33. The van der Waals surface area contributed by atoms with Crippen molar-refractivity contribution in [2.45, 2.75) is 82.0 Å². The molecule has 7 nitrogen and oxygen atoms in total. The minimum Gasteiger partial charge on any atom is -0.448 e. The van der Waals surface area contributed by atoms with Crippen molar-refractivity contribution in [2.24, 2.45) is 17.8 Å². The molecule has 1 heterocycles. The smallest absolute Gasteiger partial charge is 0.286 e. The van der Waals surface area contributed by atoms with Crippen molar-refractivity contribution in [3.05, 3.63) is 27.8 Å². The molecule has 7 rings (SSSR count). The third-order valence-electron chi connectivity index (χ3n) is 8.13. The summed E-state index contributed by atoms with van der Waals surface area (Å²) >= 11 is 0. The number of nitrogens with one attached hydrogen (secondary N) is 1. The maximum absolute atomic E-state index is 13.3. The third-order valence-corrected chi connectivity index (χ3v) is 8.13. The maximum atomic E-state index is 13.3. The number of carbonyl (C=O) groups is 1. The predicted molar refractivity (Wildman–Crippen MR) is 109 cm³/mol. The molecule has 5 aliphatic carbocycles. The summed E-state index contributed by atoms with van der Waals surface area (Å²) < 4.78 is 12.2. The van der Waals surface area contributed by atoms with Crippen LogP contribution in [0, 0.1) is 27.9 Å². The predicted octanol–water partition coefficient (Wildman–Crippen LogP) is 4.73. The quantitative estimate of drug-likeness (QED) is 0.573. The maximum Gasteiger partial charge on any atom is 0.286 e. The van der Waals surface area contributed by atoms with Gasteiger partial charge in [-0.05, 0) is 69.1 Å². The summed E-state index contributed by atoms with van der Waals surface area (Å²) in [6.45, 7) is 0. The number of amides is 1. The van der Waals surface area contributed by atoms with Crippen LogP contribution in [0.2, 0.25) is 0 Å². The van der Waals surface area contributed by atoms with Gasteiger partial charge in [0.1, 0.15) is 5.56 Å². The van der Waals surface area contributed by atoms with Crippen LogP contribution in [0.25, 0.3) is 0 Å². The number of hydrogen-bond donors (Lipinski definition) is 1. The molecule has 0 saturated heterocycles. The molecule has 1 amide bonds. The molecule has 1 N–H and O–H groups in total. The van der Waals surface area contributed by atoms with E-state index in [-0.39, 0.29) is 22.7 Å². The molecule has 6 aliphatic rings. The Kier molecular flexibility index (Phi) is 3.90. The van der Waals surface area contributed by atoms with E-state index in [1.807, 2.05) is 0 Å². The molecular formula is C23H28N2O5. The van der Waals surface area contributed by atoms with E-state index < -0.39 is 10.7 Å². The second kappa shape index (κ2) is 6.34. The lowest BCUT2D eigenvalue weighted by Crippen LogP contribution is -2.59. The lowest BCUT2D eigenvalue weighted by atomic mass is 9.53. The Bertz CT molecular complexity index is 885. The zero-order valence-electron chi connectivity index (χ0n) is 17.2. The van der Waals surface area contributed by atoms with Crippen LogP contribution in [0.15, 0.2) is 12.1 Å². The Hall–Kier alpha value is -2.31. The topological polar surface area (TPSA) is 90.7 Å².